The third-order valence-electron chi connectivity index (χ3n) is 5.05. The molecule has 142 valence electrons. The molecule has 2 aromatic rings. The number of likely N-dealkylation sites (tertiary alicyclic amines) is 1. The molecule has 0 bridgehead atoms. The number of hydrogen-bond acceptors (Lipinski definition) is 6. The maximum Gasteiger partial charge on any atom is 0.253 e. The summed E-state index contributed by atoms with van der Waals surface area (Å²) in [5, 5.41) is -0.520. The molecule has 0 aliphatic carbocycles. The molecule has 27 heavy (non-hydrogen) atoms. The second-order valence-electron chi connectivity index (χ2n) is 6.69. The van der Waals surface area contributed by atoms with Crippen molar-refractivity contribution in [3.8, 4) is 0 Å². The van der Waals surface area contributed by atoms with Gasteiger partial charge in [-0.25, -0.2) is 13.4 Å². The molecule has 0 N–H and O–H groups in total. The minimum Gasteiger partial charge on any atom is -0.353 e. The van der Waals surface area contributed by atoms with Crippen LogP contribution in [0.15, 0.2) is 48.9 Å². The molecule has 2 saturated heterocycles. The summed E-state index contributed by atoms with van der Waals surface area (Å²) in [4.78, 5) is 24.3. The zero-order valence-corrected chi connectivity index (χ0v) is 15.6. The number of rotatable bonds is 4. The number of anilines is 1. The third-order valence-corrected chi connectivity index (χ3v) is 7.27. The molecular weight excluding hydrogens is 366 g/mol. The molecule has 3 heterocycles. The van der Waals surface area contributed by atoms with Crippen molar-refractivity contribution in [2.75, 3.05) is 44.2 Å². The molecule has 2 aliphatic rings. The van der Waals surface area contributed by atoms with Crippen molar-refractivity contribution in [2.45, 2.75) is 5.25 Å². The summed E-state index contributed by atoms with van der Waals surface area (Å²) in [7, 11) is -3.40. The second-order valence-corrected chi connectivity index (χ2v) is 8.91. The zero-order valence-electron chi connectivity index (χ0n) is 14.8. The van der Waals surface area contributed by atoms with Crippen LogP contribution in [0.25, 0.3) is 0 Å². The van der Waals surface area contributed by atoms with Crippen molar-refractivity contribution in [3.63, 3.8) is 0 Å². The Hall–Kier alpha value is -2.52. The van der Waals surface area contributed by atoms with Crippen LogP contribution in [0.1, 0.15) is 10.4 Å². The van der Waals surface area contributed by atoms with Gasteiger partial charge in [0, 0.05) is 57.2 Å². The van der Waals surface area contributed by atoms with Gasteiger partial charge in [0.25, 0.3) is 5.91 Å². The molecule has 0 saturated carbocycles. The number of sulfonamides is 1. The highest BCUT2D eigenvalue weighted by Crippen LogP contribution is 2.24. The van der Waals surface area contributed by atoms with Crippen molar-refractivity contribution < 1.29 is 13.2 Å². The lowest BCUT2D eigenvalue weighted by molar-refractivity contribution is 0.0655. The van der Waals surface area contributed by atoms with E-state index in [9.17, 15) is 13.2 Å². The predicted molar refractivity (Wildman–Crippen MR) is 101 cm³/mol. The highest BCUT2D eigenvalue weighted by Gasteiger charge is 2.43. The van der Waals surface area contributed by atoms with Crippen LogP contribution < -0.4 is 4.90 Å². The van der Waals surface area contributed by atoms with Crippen molar-refractivity contribution >= 4 is 21.7 Å². The molecule has 1 aromatic carbocycles. The van der Waals surface area contributed by atoms with Crippen LogP contribution in [0, 0.1) is 0 Å². The quantitative estimate of drug-likeness (QED) is 0.757. The molecule has 0 radical (unpaired) electrons. The van der Waals surface area contributed by atoms with E-state index in [0.717, 1.165) is 5.82 Å². The van der Waals surface area contributed by atoms with Gasteiger partial charge in [-0.05, 0) is 12.1 Å². The first-order chi connectivity index (χ1) is 13.1. The standard InChI is InChI=1S/C18H21N5O3S/c24-18(15-4-2-1-3-5-15)22-13-16(14-22)27(25,26)23-10-8-21(9-11-23)17-12-19-6-7-20-17/h1-7,12,16H,8-11,13-14H2. The van der Waals surface area contributed by atoms with Gasteiger partial charge >= 0.3 is 0 Å². The molecule has 2 fully saturated rings. The highest BCUT2D eigenvalue weighted by atomic mass is 32.2. The summed E-state index contributed by atoms with van der Waals surface area (Å²) in [6.45, 7) is 2.50. The fourth-order valence-electron chi connectivity index (χ4n) is 3.39. The maximum atomic E-state index is 12.9. The lowest BCUT2D eigenvalue weighted by Gasteiger charge is -2.43. The summed E-state index contributed by atoms with van der Waals surface area (Å²) in [6, 6.07) is 8.95. The molecule has 1 amide bonds. The summed E-state index contributed by atoms with van der Waals surface area (Å²) >= 11 is 0. The van der Waals surface area contributed by atoms with E-state index in [1.54, 1.807) is 47.8 Å². The number of aromatic nitrogens is 2. The van der Waals surface area contributed by atoms with Crippen LogP contribution in [0.4, 0.5) is 5.82 Å². The normalized spacial score (nSPS) is 19.0. The van der Waals surface area contributed by atoms with E-state index in [1.807, 2.05) is 11.0 Å². The van der Waals surface area contributed by atoms with Crippen LogP contribution in [0.3, 0.4) is 0 Å². The Balaban J connectivity index is 1.33. The number of amides is 1. The van der Waals surface area contributed by atoms with Crippen LogP contribution in [-0.4, -0.2) is 78.0 Å². The molecule has 1 aromatic heterocycles. The SMILES string of the molecule is O=C(c1ccccc1)N1CC(S(=O)(=O)N2CCN(c3cnccn3)CC2)C1. The monoisotopic (exact) mass is 387 g/mol. The largest absolute Gasteiger partial charge is 0.353 e. The van der Waals surface area contributed by atoms with Gasteiger partial charge in [0.05, 0.1) is 6.20 Å². The van der Waals surface area contributed by atoms with Crippen molar-refractivity contribution in [1.82, 2.24) is 19.2 Å². The molecule has 0 unspecified atom stereocenters. The number of carbonyl (C=O) groups is 1. The van der Waals surface area contributed by atoms with E-state index in [1.165, 1.54) is 4.31 Å². The first-order valence-corrected chi connectivity index (χ1v) is 10.4. The Morgan fingerprint density at radius 2 is 1.70 bits per heavy atom. The molecule has 2 aliphatic heterocycles. The summed E-state index contributed by atoms with van der Waals surface area (Å²) < 4.78 is 27.3. The van der Waals surface area contributed by atoms with Crippen LogP contribution in [0.5, 0.6) is 0 Å². The summed E-state index contributed by atoms with van der Waals surface area (Å²) in [5.74, 6) is 0.646. The lowest BCUT2D eigenvalue weighted by Crippen LogP contribution is -2.62. The van der Waals surface area contributed by atoms with E-state index >= 15 is 0 Å². The fraction of sp³-hybridized carbons (Fsp3) is 0.389. The van der Waals surface area contributed by atoms with Gasteiger partial charge in [-0.1, -0.05) is 18.2 Å². The molecule has 8 nitrogen and oxygen atoms in total. The molecule has 4 rings (SSSR count). The predicted octanol–water partition coefficient (Wildman–Crippen LogP) is 0.453. The summed E-state index contributed by atoms with van der Waals surface area (Å²) in [5.41, 5.74) is 0.589. The van der Waals surface area contributed by atoms with Crippen molar-refractivity contribution in [3.05, 3.63) is 54.5 Å². The van der Waals surface area contributed by atoms with E-state index in [4.69, 9.17) is 0 Å². The van der Waals surface area contributed by atoms with Crippen LogP contribution in [0.2, 0.25) is 0 Å². The highest BCUT2D eigenvalue weighted by molar-refractivity contribution is 7.89. The smallest absolute Gasteiger partial charge is 0.253 e. The van der Waals surface area contributed by atoms with Crippen molar-refractivity contribution in [1.29, 1.82) is 0 Å². The van der Waals surface area contributed by atoms with E-state index < -0.39 is 15.3 Å². The van der Waals surface area contributed by atoms with E-state index in [-0.39, 0.29) is 19.0 Å². The van der Waals surface area contributed by atoms with Gasteiger partial charge in [-0.3, -0.25) is 9.78 Å². The first kappa shape index (κ1) is 17.9. The topological polar surface area (TPSA) is 86.7 Å². The number of piperazine rings is 1. The molecular formula is C18H21N5O3S. The average Bonchev–Trinajstić information content (AvgIpc) is 2.68. The molecule has 0 atom stereocenters. The average molecular weight is 387 g/mol. The van der Waals surface area contributed by atoms with Crippen molar-refractivity contribution in [2.24, 2.45) is 0 Å². The summed E-state index contributed by atoms with van der Waals surface area (Å²) in [6.07, 6.45) is 4.93. The van der Waals surface area contributed by atoms with Gasteiger partial charge in [0.15, 0.2) is 0 Å². The second kappa shape index (κ2) is 7.24. The van der Waals surface area contributed by atoms with Crippen LogP contribution in [-0.2, 0) is 10.0 Å². The maximum absolute atomic E-state index is 12.9. The van der Waals surface area contributed by atoms with E-state index in [0.29, 0.717) is 31.7 Å². The van der Waals surface area contributed by atoms with E-state index in [2.05, 4.69) is 9.97 Å². The number of hydrogen-bond donors (Lipinski definition) is 0. The van der Waals surface area contributed by atoms with Gasteiger partial charge in [0.1, 0.15) is 11.1 Å². The van der Waals surface area contributed by atoms with Gasteiger partial charge < -0.3 is 9.80 Å². The number of benzene rings is 1. The Bertz CT molecular complexity index is 893. The Morgan fingerprint density at radius 1 is 1.00 bits per heavy atom. The number of carbonyl (C=O) groups excluding carboxylic acids is 1. The molecule has 9 heteroatoms. The Morgan fingerprint density at radius 3 is 2.33 bits per heavy atom. The van der Waals surface area contributed by atoms with Gasteiger partial charge in [-0.15, -0.1) is 0 Å². The minimum atomic E-state index is -3.40. The fourth-order valence-corrected chi connectivity index (χ4v) is 5.22. The minimum absolute atomic E-state index is 0.116. The van der Waals surface area contributed by atoms with Crippen LogP contribution >= 0.6 is 0 Å². The third kappa shape index (κ3) is 3.52. The van der Waals surface area contributed by atoms with Gasteiger partial charge in [0.2, 0.25) is 10.0 Å². The lowest BCUT2D eigenvalue weighted by atomic mass is 10.1. The Kier molecular flexibility index (Phi) is 4.79. The van der Waals surface area contributed by atoms with Gasteiger partial charge in [-0.2, -0.15) is 4.31 Å². The zero-order chi connectivity index (χ0) is 18.9. The Labute approximate surface area is 158 Å². The number of nitrogens with zero attached hydrogens (tertiary/aromatic N) is 5. The first-order valence-electron chi connectivity index (χ1n) is 8.90. The molecule has 0 spiro atoms.